The van der Waals surface area contributed by atoms with E-state index in [-0.39, 0.29) is 17.2 Å². The van der Waals surface area contributed by atoms with E-state index in [0.717, 1.165) is 6.07 Å². The third kappa shape index (κ3) is 5.62. The van der Waals surface area contributed by atoms with Gasteiger partial charge in [0.25, 0.3) is 0 Å². The van der Waals surface area contributed by atoms with E-state index in [1.807, 2.05) is 6.11 Å². The van der Waals surface area contributed by atoms with Crippen molar-refractivity contribution in [2.45, 2.75) is 19.1 Å². The van der Waals surface area contributed by atoms with Crippen LogP contribution in [0, 0.1) is 12.5 Å². The first kappa shape index (κ1) is 25.5. The SMILES string of the molecule is C#COc1ccc(-c2nc(C(=C)NCCNc3ncccn3)c([C@H](C)N)o2)c2ccc(C(F)(F)F)nc12. The van der Waals surface area contributed by atoms with Gasteiger partial charge in [-0.15, -0.1) is 0 Å². The highest BCUT2D eigenvalue weighted by atomic mass is 19.4. The summed E-state index contributed by atoms with van der Waals surface area (Å²) in [6.07, 6.45) is 5.77. The number of ether oxygens (including phenoxy) is 1. The number of fused-ring (bicyclic) bond motifs is 1. The van der Waals surface area contributed by atoms with Crippen LogP contribution < -0.4 is 21.1 Å². The first-order valence-electron chi connectivity index (χ1n) is 11.0. The van der Waals surface area contributed by atoms with Gasteiger partial charge in [0.05, 0.1) is 11.7 Å². The largest absolute Gasteiger partial charge is 0.439 e. The van der Waals surface area contributed by atoms with E-state index >= 15 is 0 Å². The van der Waals surface area contributed by atoms with E-state index < -0.39 is 17.9 Å². The number of benzene rings is 1. The van der Waals surface area contributed by atoms with Gasteiger partial charge in [0, 0.05) is 36.4 Å². The van der Waals surface area contributed by atoms with Gasteiger partial charge in [-0.3, -0.25) is 0 Å². The normalized spacial score (nSPS) is 12.1. The van der Waals surface area contributed by atoms with Crippen LogP contribution in [0.15, 0.2) is 53.7 Å². The van der Waals surface area contributed by atoms with Gasteiger partial charge in [0.2, 0.25) is 11.8 Å². The predicted molar refractivity (Wildman–Crippen MR) is 132 cm³/mol. The maximum atomic E-state index is 13.3. The van der Waals surface area contributed by atoms with Crippen LogP contribution >= 0.6 is 0 Å². The minimum Gasteiger partial charge on any atom is -0.439 e. The number of nitrogens with one attached hydrogen (secondary N) is 2. The number of pyridine rings is 1. The molecule has 190 valence electrons. The topological polar surface area (TPSA) is 124 Å². The van der Waals surface area contributed by atoms with Gasteiger partial charge in [-0.1, -0.05) is 13.0 Å². The second-order valence-corrected chi connectivity index (χ2v) is 7.85. The Morgan fingerprint density at radius 2 is 1.95 bits per heavy atom. The van der Waals surface area contributed by atoms with E-state index in [1.165, 1.54) is 12.1 Å². The summed E-state index contributed by atoms with van der Waals surface area (Å²) < 4.78 is 50.9. The Kier molecular flexibility index (Phi) is 7.26. The first-order chi connectivity index (χ1) is 17.7. The summed E-state index contributed by atoms with van der Waals surface area (Å²) in [7, 11) is 0. The van der Waals surface area contributed by atoms with Gasteiger partial charge in [0.1, 0.15) is 23.0 Å². The van der Waals surface area contributed by atoms with E-state index in [0.29, 0.717) is 47.1 Å². The van der Waals surface area contributed by atoms with Gasteiger partial charge in [-0.05, 0) is 37.3 Å². The molecule has 1 atom stereocenters. The fraction of sp³-hybridized carbons (Fsp3) is 0.200. The van der Waals surface area contributed by atoms with Gasteiger partial charge < -0.3 is 25.5 Å². The summed E-state index contributed by atoms with van der Waals surface area (Å²) in [6.45, 7) is 6.70. The van der Waals surface area contributed by atoms with Crippen molar-refractivity contribution >= 4 is 22.5 Å². The van der Waals surface area contributed by atoms with E-state index in [1.54, 1.807) is 31.5 Å². The van der Waals surface area contributed by atoms with E-state index in [2.05, 4.69) is 37.1 Å². The summed E-state index contributed by atoms with van der Waals surface area (Å²) >= 11 is 0. The molecule has 9 nitrogen and oxygen atoms in total. The van der Waals surface area contributed by atoms with Crippen LogP contribution in [0.4, 0.5) is 19.1 Å². The lowest BCUT2D eigenvalue weighted by Gasteiger charge is -2.10. The first-order valence-corrected chi connectivity index (χ1v) is 11.0. The maximum Gasteiger partial charge on any atom is 0.433 e. The van der Waals surface area contributed by atoms with Crippen LogP contribution in [-0.2, 0) is 6.18 Å². The van der Waals surface area contributed by atoms with E-state index in [4.69, 9.17) is 21.3 Å². The molecule has 0 radical (unpaired) electrons. The quantitative estimate of drug-likeness (QED) is 0.223. The molecule has 12 heteroatoms. The number of anilines is 1. The molecule has 3 heterocycles. The van der Waals surface area contributed by atoms with Crippen molar-refractivity contribution in [1.82, 2.24) is 25.3 Å². The van der Waals surface area contributed by atoms with Gasteiger partial charge in [-0.2, -0.15) is 13.2 Å². The van der Waals surface area contributed by atoms with Crippen LogP contribution in [0.25, 0.3) is 28.1 Å². The number of hydrogen-bond donors (Lipinski definition) is 3. The molecular weight excluding hydrogens is 487 g/mol. The Labute approximate surface area is 210 Å². The van der Waals surface area contributed by atoms with Gasteiger partial charge in [0.15, 0.2) is 11.5 Å². The molecule has 0 amide bonds. The van der Waals surface area contributed by atoms with Crippen LogP contribution in [0.2, 0.25) is 0 Å². The zero-order chi connectivity index (χ0) is 26.6. The van der Waals surface area contributed by atoms with Crippen LogP contribution in [0.3, 0.4) is 0 Å². The zero-order valence-electron chi connectivity index (χ0n) is 19.6. The molecule has 0 saturated heterocycles. The van der Waals surface area contributed by atoms with Crippen molar-refractivity contribution in [2.75, 3.05) is 18.4 Å². The highest BCUT2D eigenvalue weighted by molar-refractivity contribution is 5.96. The minimum absolute atomic E-state index is 0.00693. The fourth-order valence-electron chi connectivity index (χ4n) is 3.52. The van der Waals surface area contributed by atoms with Gasteiger partial charge in [-0.25, -0.2) is 19.9 Å². The number of nitrogens with two attached hydrogens (primary N) is 1. The number of nitrogens with zero attached hydrogens (tertiary/aromatic N) is 4. The van der Waals surface area contributed by atoms with Crippen molar-refractivity contribution in [3.8, 4) is 29.7 Å². The molecule has 0 saturated carbocycles. The van der Waals surface area contributed by atoms with Crippen molar-refractivity contribution in [3.05, 3.63) is 66.5 Å². The number of aromatic nitrogens is 4. The van der Waals surface area contributed by atoms with Crippen molar-refractivity contribution in [2.24, 2.45) is 5.73 Å². The molecule has 0 spiro atoms. The third-order valence-electron chi connectivity index (χ3n) is 5.17. The molecule has 0 bridgehead atoms. The molecule has 1 aromatic carbocycles. The molecule has 4 N–H and O–H groups in total. The Morgan fingerprint density at radius 1 is 1.19 bits per heavy atom. The Balaban J connectivity index is 1.65. The summed E-state index contributed by atoms with van der Waals surface area (Å²) in [4.78, 5) is 16.5. The molecule has 4 aromatic rings. The van der Waals surface area contributed by atoms with Crippen molar-refractivity contribution in [1.29, 1.82) is 0 Å². The number of rotatable bonds is 9. The predicted octanol–water partition coefficient (Wildman–Crippen LogP) is 4.36. The molecule has 0 aliphatic heterocycles. The molecule has 37 heavy (non-hydrogen) atoms. The highest BCUT2D eigenvalue weighted by Crippen LogP contribution is 2.38. The number of oxazole rings is 1. The lowest BCUT2D eigenvalue weighted by Crippen LogP contribution is -2.22. The second-order valence-electron chi connectivity index (χ2n) is 7.85. The molecular formula is C25H22F3N7O2. The summed E-state index contributed by atoms with van der Waals surface area (Å²) in [5.41, 5.74) is 6.15. The highest BCUT2D eigenvalue weighted by Gasteiger charge is 2.33. The summed E-state index contributed by atoms with van der Waals surface area (Å²) in [5, 5.41) is 6.51. The molecule has 0 unspecified atom stereocenters. The van der Waals surface area contributed by atoms with E-state index in [9.17, 15) is 13.2 Å². The Bertz CT molecular complexity index is 1460. The number of halogens is 3. The smallest absolute Gasteiger partial charge is 0.433 e. The average molecular weight is 509 g/mol. The molecule has 0 aliphatic rings. The number of terminal acetylenes is 1. The van der Waals surface area contributed by atoms with Crippen LogP contribution in [0.1, 0.15) is 30.1 Å². The van der Waals surface area contributed by atoms with Crippen LogP contribution in [-0.4, -0.2) is 33.0 Å². The lowest BCUT2D eigenvalue weighted by molar-refractivity contribution is -0.140. The third-order valence-corrected chi connectivity index (χ3v) is 5.17. The second kappa shape index (κ2) is 10.5. The average Bonchev–Trinajstić information content (AvgIpc) is 3.32. The van der Waals surface area contributed by atoms with Crippen molar-refractivity contribution < 1.29 is 22.3 Å². The molecule has 4 rings (SSSR count). The number of alkyl halides is 3. The Hall–Kier alpha value is -4.63. The molecule has 0 fully saturated rings. The van der Waals surface area contributed by atoms with Crippen molar-refractivity contribution in [3.63, 3.8) is 0 Å². The molecule has 0 aliphatic carbocycles. The monoisotopic (exact) mass is 509 g/mol. The Morgan fingerprint density at radius 3 is 2.62 bits per heavy atom. The summed E-state index contributed by atoms with van der Waals surface area (Å²) in [5.74, 6) is 0.956. The van der Waals surface area contributed by atoms with Crippen LogP contribution in [0.5, 0.6) is 5.75 Å². The standard InChI is InChI=1S/C25H22F3N7O2/c1-4-36-18-8-6-17(16-7-9-19(25(26,27)28)34-21(16)18)23-35-20(22(37-23)14(2)29)15(3)30-12-13-33-24-31-10-5-11-32-24/h1,5-11,14,30H,3,12-13,29H2,2H3,(H,31,32,33)/t14-/m0/s1. The maximum absolute atomic E-state index is 13.3. The van der Waals surface area contributed by atoms with Gasteiger partial charge >= 0.3 is 6.18 Å². The zero-order valence-corrected chi connectivity index (χ0v) is 19.6. The lowest BCUT2D eigenvalue weighted by atomic mass is 10.1. The molecule has 3 aromatic heterocycles. The number of hydrogen-bond acceptors (Lipinski definition) is 9. The minimum atomic E-state index is -4.65. The summed E-state index contributed by atoms with van der Waals surface area (Å²) in [6, 6.07) is 6.29. The fourth-order valence-corrected chi connectivity index (χ4v) is 3.52.